The molecule has 4 heterocycles. The van der Waals surface area contributed by atoms with E-state index in [4.69, 9.17) is 4.74 Å². The summed E-state index contributed by atoms with van der Waals surface area (Å²) in [5, 5.41) is 5.63. The standard InChI is InChI=1S/C39H39FN8O8S/c1-23-19-45(14-15-46(23)27-9-11-29-31(18-27)44(2)39(53)48(29)30-12-13-33(49)42-38(30)52)20-34(50)41-26-8-10-28-25(16-26)17-32(56-22-24-6-4-3-5-7-24)37(36(28)40)47-21-35(51)43-57(47,54)55/h3-11,16-18,23,30H,12-15,19-22H2,1-2H3,(H,41,50)(H,43,51)(H,42,49,52)/t23-,30?/m1/s1. The number of hydrogen-bond acceptors (Lipinski definition) is 10. The number of nitrogens with one attached hydrogen (secondary N) is 3. The number of imide groups is 1. The Labute approximate surface area is 325 Å². The summed E-state index contributed by atoms with van der Waals surface area (Å²) in [4.78, 5) is 67.2. The molecule has 4 aromatic carbocycles. The van der Waals surface area contributed by atoms with E-state index in [1.54, 1.807) is 25.2 Å². The molecule has 3 saturated heterocycles. The number of piperidine rings is 1. The number of halogens is 1. The topological polar surface area (TPSA) is 184 Å². The number of fused-ring (bicyclic) bond motifs is 2. The number of amides is 4. The van der Waals surface area contributed by atoms with Crippen LogP contribution < -0.4 is 35.0 Å². The van der Waals surface area contributed by atoms with Crippen molar-refractivity contribution in [2.45, 2.75) is 38.5 Å². The van der Waals surface area contributed by atoms with Gasteiger partial charge in [0, 0.05) is 55.9 Å². The number of ether oxygens (including phenoxy) is 1. The zero-order valence-corrected chi connectivity index (χ0v) is 31.8. The summed E-state index contributed by atoms with van der Waals surface area (Å²) in [6.45, 7) is 3.25. The van der Waals surface area contributed by atoms with E-state index in [1.807, 2.05) is 52.9 Å². The minimum absolute atomic E-state index is 0.00250. The molecule has 3 aliphatic heterocycles. The molecule has 2 atom stereocenters. The zero-order valence-electron chi connectivity index (χ0n) is 31.0. The van der Waals surface area contributed by atoms with Gasteiger partial charge in [-0.2, -0.15) is 8.42 Å². The highest BCUT2D eigenvalue weighted by atomic mass is 32.2. The number of hydrogen-bond donors (Lipinski definition) is 3. The van der Waals surface area contributed by atoms with E-state index in [2.05, 4.69) is 15.5 Å². The number of imidazole rings is 1. The third-order valence-electron chi connectivity index (χ3n) is 10.6. The lowest BCUT2D eigenvalue weighted by molar-refractivity contribution is -0.135. The van der Waals surface area contributed by atoms with Crippen LogP contribution in [0.5, 0.6) is 5.75 Å². The Morgan fingerprint density at radius 3 is 2.47 bits per heavy atom. The SMILES string of the molecule is C[C@@H]1CN(CC(=O)Nc2ccc3c(F)c(N4CC(=O)NS4(=O)=O)c(OCc4ccccc4)cc3c2)CCN1c1ccc2c(c1)n(C)c(=O)n2C1CCC(=O)NC1=O. The predicted molar refractivity (Wildman–Crippen MR) is 210 cm³/mol. The Hall–Kier alpha value is -6.27. The highest BCUT2D eigenvalue weighted by Crippen LogP contribution is 2.40. The maximum atomic E-state index is 16.2. The van der Waals surface area contributed by atoms with Gasteiger partial charge in [0.05, 0.1) is 17.6 Å². The number of rotatable bonds is 9. The molecular weight excluding hydrogens is 760 g/mol. The highest BCUT2D eigenvalue weighted by molar-refractivity contribution is 7.92. The second-order valence-corrected chi connectivity index (χ2v) is 16.1. The predicted octanol–water partition coefficient (Wildman–Crippen LogP) is 2.52. The van der Waals surface area contributed by atoms with Gasteiger partial charge in [-0.3, -0.25) is 38.5 Å². The summed E-state index contributed by atoms with van der Waals surface area (Å²) >= 11 is 0. The average Bonchev–Trinajstić information content (AvgIpc) is 3.58. The summed E-state index contributed by atoms with van der Waals surface area (Å²) in [5.74, 6) is -2.91. The van der Waals surface area contributed by atoms with E-state index in [0.29, 0.717) is 46.0 Å². The summed E-state index contributed by atoms with van der Waals surface area (Å²) in [5.41, 5.74) is 2.57. The lowest BCUT2D eigenvalue weighted by Crippen LogP contribution is -2.53. The second-order valence-electron chi connectivity index (χ2n) is 14.5. The van der Waals surface area contributed by atoms with Gasteiger partial charge in [0.15, 0.2) is 5.82 Å². The molecule has 1 aromatic heterocycles. The van der Waals surface area contributed by atoms with E-state index in [1.165, 1.54) is 27.3 Å². The highest BCUT2D eigenvalue weighted by Gasteiger charge is 2.38. The lowest BCUT2D eigenvalue weighted by Gasteiger charge is -2.41. The molecule has 18 heteroatoms. The number of aryl methyl sites for hydroxylation is 1. The average molecular weight is 799 g/mol. The fraction of sp³-hybridized carbons (Fsp3) is 0.308. The monoisotopic (exact) mass is 798 g/mol. The number of aromatic nitrogens is 2. The Kier molecular flexibility index (Phi) is 9.69. The first-order valence-corrected chi connectivity index (χ1v) is 19.8. The van der Waals surface area contributed by atoms with E-state index in [9.17, 15) is 32.4 Å². The van der Waals surface area contributed by atoms with Crippen molar-refractivity contribution in [3.8, 4) is 5.75 Å². The van der Waals surface area contributed by atoms with Gasteiger partial charge < -0.3 is 15.0 Å². The van der Waals surface area contributed by atoms with Crippen LogP contribution in [0.4, 0.5) is 21.5 Å². The molecule has 3 aliphatic rings. The first kappa shape index (κ1) is 37.6. The molecule has 0 saturated carbocycles. The third-order valence-corrected chi connectivity index (χ3v) is 12.0. The van der Waals surface area contributed by atoms with Crippen LogP contribution in [0.15, 0.2) is 77.6 Å². The van der Waals surface area contributed by atoms with Crippen molar-refractivity contribution in [3.63, 3.8) is 0 Å². The number of anilines is 3. The molecule has 5 aromatic rings. The van der Waals surface area contributed by atoms with Gasteiger partial charge in [-0.25, -0.2) is 18.2 Å². The molecule has 0 aliphatic carbocycles. The molecule has 4 amide bonds. The van der Waals surface area contributed by atoms with Crippen LogP contribution >= 0.6 is 0 Å². The molecular formula is C39H39FN8O8S. The van der Waals surface area contributed by atoms with Crippen molar-refractivity contribution in [1.29, 1.82) is 0 Å². The fourth-order valence-electron chi connectivity index (χ4n) is 7.85. The van der Waals surface area contributed by atoms with E-state index >= 15 is 4.39 Å². The van der Waals surface area contributed by atoms with Gasteiger partial charge in [0.1, 0.15) is 30.6 Å². The Morgan fingerprint density at radius 1 is 0.965 bits per heavy atom. The summed E-state index contributed by atoms with van der Waals surface area (Å²) in [6, 6.07) is 20.0. The second kappa shape index (κ2) is 14.7. The maximum Gasteiger partial charge on any atom is 0.329 e. The number of piperazine rings is 1. The molecule has 3 fully saturated rings. The zero-order chi connectivity index (χ0) is 40.2. The fourth-order valence-corrected chi connectivity index (χ4v) is 9.01. The minimum atomic E-state index is -4.35. The number of nitrogens with zero attached hydrogens (tertiary/aromatic N) is 5. The molecule has 0 radical (unpaired) electrons. The van der Waals surface area contributed by atoms with Crippen molar-refractivity contribution in [1.82, 2.24) is 24.1 Å². The Bertz CT molecular complexity index is 2650. The van der Waals surface area contributed by atoms with Gasteiger partial charge in [-0.15, -0.1) is 0 Å². The van der Waals surface area contributed by atoms with Crippen LogP contribution in [0.1, 0.15) is 31.4 Å². The van der Waals surface area contributed by atoms with Crippen molar-refractivity contribution >= 4 is 72.7 Å². The smallest absolute Gasteiger partial charge is 0.329 e. The van der Waals surface area contributed by atoms with Crippen molar-refractivity contribution < 1.29 is 36.7 Å². The molecule has 0 bridgehead atoms. The number of benzene rings is 4. The van der Waals surface area contributed by atoms with Gasteiger partial charge >= 0.3 is 15.9 Å². The molecule has 3 N–H and O–H groups in total. The van der Waals surface area contributed by atoms with Crippen molar-refractivity contribution in [2.24, 2.45) is 7.05 Å². The van der Waals surface area contributed by atoms with Gasteiger partial charge in [-0.05, 0) is 66.8 Å². The number of carbonyl (C=O) groups excluding carboxylic acids is 4. The first-order chi connectivity index (χ1) is 27.3. The van der Waals surface area contributed by atoms with Crippen LogP contribution in [-0.2, 0) is 43.0 Å². The van der Waals surface area contributed by atoms with Crippen LogP contribution in [0.3, 0.4) is 0 Å². The quantitative estimate of drug-likeness (QED) is 0.187. The summed E-state index contributed by atoms with van der Waals surface area (Å²) in [7, 11) is -2.70. The van der Waals surface area contributed by atoms with Crippen LogP contribution in [0.25, 0.3) is 21.8 Å². The summed E-state index contributed by atoms with van der Waals surface area (Å²) < 4.78 is 53.2. The van der Waals surface area contributed by atoms with E-state index < -0.39 is 46.1 Å². The summed E-state index contributed by atoms with van der Waals surface area (Å²) in [6.07, 6.45) is 0.405. The molecule has 1 unspecified atom stereocenters. The van der Waals surface area contributed by atoms with Crippen molar-refractivity contribution in [2.75, 3.05) is 47.2 Å². The maximum absolute atomic E-state index is 16.2. The molecule has 8 rings (SSSR count). The largest absolute Gasteiger partial charge is 0.487 e. The Morgan fingerprint density at radius 2 is 1.75 bits per heavy atom. The first-order valence-electron chi connectivity index (χ1n) is 18.4. The molecule has 16 nitrogen and oxygen atoms in total. The van der Waals surface area contributed by atoms with Crippen LogP contribution in [-0.4, -0.2) is 84.8 Å². The molecule has 296 valence electrons. The van der Waals surface area contributed by atoms with Crippen LogP contribution in [0, 0.1) is 5.82 Å². The number of carbonyl (C=O) groups is 4. The van der Waals surface area contributed by atoms with Crippen LogP contribution in [0.2, 0.25) is 0 Å². The minimum Gasteiger partial charge on any atom is -0.487 e. The van der Waals surface area contributed by atoms with Gasteiger partial charge in [0.2, 0.25) is 17.7 Å². The third kappa shape index (κ3) is 7.17. The molecule has 57 heavy (non-hydrogen) atoms. The van der Waals surface area contributed by atoms with Crippen molar-refractivity contribution in [3.05, 3.63) is 94.7 Å². The normalized spacial score (nSPS) is 19.9. The van der Waals surface area contributed by atoms with E-state index in [-0.39, 0.29) is 60.7 Å². The Balaban J connectivity index is 0.962. The van der Waals surface area contributed by atoms with E-state index in [0.717, 1.165) is 11.3 Å². The van der Waals surface area contributed by atoms with Gasteiger partial charge in [-0.1, -0.05) is 30.3 Å². The molecule has 0 spiro atoms. The lowest BCUT2D eigenvalue weighted by atomic mass is 10.1. The van der Waals surface area contributed by atoms with Gasteiger partial charge in [0.25, 0.3) is 5.91 Å².